The van der Waals surface area contributed by atoms with E-state index >= 15 is 0 Å². The molecule has 0 spiro atoms. The van der Waals surface area contributed by atoms with E-state index in [0.717, 1.165) is 11.2 Å². The van der Waals surface area contributed by atoms with Crippen molar-refractivity contribution in [3.8, 4) is 17.1 Å². The topological polar surface area (TPSA) is 112 Å². The molecule has 1 amide bonds. The maximum atomic E-state index is 14.1. The van der Waals surface area contributed by atoms with E-state index in [9.17, 15) is 18.4 Å². The third kappa shape index (κ3) is 4.08. The van der Waals surface area contributed by atoms with Gasteiger partial charge >= 0.3 is 0 Å². The highest BCUT2D eigenvalue weighted by molar-refractivity contribution is 5.83. The van der Waals surface area contributed by atoms with Gasteiger partial charge in [-0.25, -0.2) is 9.78 Å². The number of nitrogens with two attached hydrogens (primary N) is 1. The number of hydrogen-bond acceptors (Lipinski definition) is 7. The van der Waals surface area contributed by atoms with Crippen LogP contribution < -0.4 is 20.7 Å². The van der Waals surface area contributed by atoms with Crippen molar-refractivity contribution in [1.82, 2.24) is 9.55 Å². The van der Waals surface area contributed by atoms with Crippen molar-refractivity contribution in [3.05, 3.63) is 42.6 Å². The average molecular weight is 431 g/mol. The second-order valence-electron chi connectivity index (χ2n) is 7.12. The molecule has 4 rings (SSSR count). The Kier molecular flexibility index (Phi) is 5.12. The molecular weight excluding hydrogens is 412 g/mol. The van der Waals surface area contributed by atoms with Crippen LogP contribution in [0.3, 0.4) is 0 Å². The minimum Gasteiger partial charge on any atom is -0.491 e. The summed E-state index contributed by atoms with van der Waals surface area (Å²) < 4.78 is 40.7. The maximum Gasteiger partial charge on any atom is 0.288 e. The first-order chi connectivity index (χ1) is 14.8. The number of rotatable bonds is 4. The van der Waals surface area contributed by atoms with Crippen LogP contribution in [-0.4, -0.2) is 46.5 Å². The molecular formula is C20H19F2N5O4. The van der Waals surface area contributed by atoms with Crippen LogP contribution >= 0.6 is 0 Å². The molecule has 0 saturated heterocycles. The van der Waals surface area contributed by atoms with Crippen molar-refractivity contribution in [2.75, 3.05) is 23.4 Å². The predicted octanol–water partition coefficient (Wildman–Crippen LogP) is 1.89. The number of nitrogens with zero attached hydrogens (tertiary/aromatic N) is 3. The number of hydrogen-bond donors (Lipinski definition) is 2. The van der Waals surface area contributed by atoms with Gasteiger partial charge in [0.2, 0.25) is 5.91 Å². The van der Waals surface area contributed by atoms with E-state index in [4.69, 9.17) is 15.2 Å². The van der Waals surface area contributed by atoms with Gasteiger partial charge in [-0.2, -0.15) is 8.78 Å². The Morgan fingerprint density at radius 2 is 2.23 bits per heavy atom. The number of carbonyl (C=O) groups is 1. The van der Waals surface area contributed by atoms with Gasteiger partial charge in [0, 0.05) is 24.0 Å². The summed E-state index contributed by atoms with van der Waals surface area (Å²) in [5, 5.41) is 2.98. The summed E-state index contributed by atoms with van der Waals surface area (Å²) in [5.74, 6) is -1.49. The zero-order valence-corrected chi connectivity index (χ0v) is 16.5. The van der Waals surface area contributed by atoms with Gasteiger partial charge in [0.05, 0.1) is 24.9 Å². The number of ether oxygens (including phenoxy) is 2. The van der Waals surface area contributed by atoms with E-state index in [1.165, 1.54) is 0 Å². The number of nitrogens with one attached hydrogen (secondary N) is 1. The van der Waals surface area contributed by atoms with Crippen LogP contribution in [-0.2, 0) is 20.9 Å². The van der Waals surface area contributed by atoms with E-state index in [-0.39, 0.29) is 5.82 Å². The van der Waals surface area contributed by atoms with Crippen LogP contribution in [0.15, 0.2) is 42.6 Å². The Morgan fingerprint density at radius 3 is 2.97 bits per heavy atom. The highest BCUT2D eigenvalue weighted by Gasteiger charge is 2.36. The lowest BCUT2D eigenvalue weighted by Gasteiger charge is -2.22. The number of imidazole rings is 1. The SMILES string of the molecule is C[C@H](Nc1ccc2c(c1)OCCn1cc(N3CC(F)(F)C=COC3=C=O)nc1-2)C(N)=O. The quantitative estimate of drug-likeness (QED) is 0.711. The first-order valence-electron chi connectivity index (χ1n) is 9.42. The molecule has 3 N–H and O–H groups in total. The first kappa shape index (κ1) is 20.4. The Labute approximate surface area is 175 Å². The number of amides is 1. The maximum absolute atomic E-state index is 14.1. The molecule has 0 fully saturated rings. The van der Waals surface area contributed by atoms with Crippen LogP contribution in [0.5, 0.6) is 5.75 Å². The van der Waals surface area contributed by atoms with Crippen LogP contribution in [0.2, 0.25) is 0 Å². The summed E-state index contributed by atoms with van der Waals surface area (Å²) in [6, 6.07) is 4.60. The number of aromatic nitrogens is 2. The monoisotopic (exact) mass is 431 g/mol. The molecule has 0 aliphatic carbocycles. The summed E-state index contributed by atoms with van der Waals surface area (Å²) in [7, 11) is 0. The van der Waals surface area contributed by atoms with Crippen molar-refractivity contribution in [2.24, 2.45) is 5.73 Å². The van der Waals surface area contributed by atoms with E-state index in [1.54, 1.807) is 41.8 Å². The fraction of sp³-hybridized carbons (Fsp3) is 0.300. The molecule has 1 atom stereocenters. The van der Waals surface area contributed by atoms with Gasteiger partial charge in [-0.1, -0.05) is 0 Å². The van der Waals surface area contributed by atoms with Crippen molar-refractivity contribution < 1.29 is 27.8 Å². The molecule has 2 aliphatic heterocycles. The highest BCUT2D eigenvalue weighted by Crippen LogP contribution is 2.37. The fourth-order valence-corrected chi connectivity index (χ4v) is 3.27. The molecule has 11 heteroatoms. The molecule has 1 aromatic heterocycles. The summed E-state index contributed by atoms with van der Waals surface area (Å²) in [6.45, 7) is 1.53. The third-order valence-electron chi connectivity index (χ3n) is 4.86. The lowest BCUT2D eigenvalue weighted by molar-refractivity contribution is -0.118. The van der Waals surface area contributed by atoms with Gasteiger partial charge in [-0.15, -0.1) is 0 Å². The van der Waals surface area contributed by atoms with Gasteiger partial charge in [-0.3, -0.25) is 9.69 Å². The van der Waals surface area contributed by atoms with Crippen molar-refractivity contribution in [1.29, 1.82) is 0 Å². The standard InChI is InChI=1S/C20H19F2N5O4/c1-12(18(23)29)24-13-2-3-14-15(8-13)30-7-5-26-9-16(25-19(14)26)27-11-20(21,22)4-6-31-17(27)10-28/h2-4,6,8-9,12,24H,5,7,11H2,1H3,(H2,23,29)/t12-/m0/s1. The van der Waals surface area contributed by atoms with Crippen molar-refractivity contribution in [3.63, 3.8) is 0 Å². The van der Waals surface area contributed by atoms with Gasteiger partial charge in [0.1, 0.15) is 24.2 Å². The molecule has 162 valence electrons. The number of carbonyl (C=O) groups excluding carboxylic acids is 2. The minimum atomic E-state index is -3.22. The fourth-order valence-electron chi connectivity index (χ4n) is 3.27. The largest absolute Gasteiger partial charge is 0.491 e. The minimum absolute atomic E-state index is 0.120. The normalized spacial score (nSPS) is 17.8. The average Bonchev–Trinajstić information content (AvgIpc) is 2.97. The number of anilines is 2. The van der Waals surface area contributed by atoms with Gasteiger partial charge in [0.25, 0.3) is 11.8 Å². The van der Waals surface area contributed by atoms with Crippen molar-refractivity contribution in [2.45, 2.75) is 25.4 Å². The van der Waals surface area contributed by atoms with E-state index < -0.39 is 30.3 Å². The van der Waals surface area contributed by atoms with Gasteiger partial charge in [0.15, 0.2) is 11.8 Å². The summed E-state index contributed by atoms with van der Waals surface area (Å²) >= 11 is 0. The number of benzene rings is 1. The Hall–Kier alpha value is -3.85. The molecule has 0 bridgehead atoms. The molecule has 9 nitrogen and oxygen atoms in total. The Bertz CT molecular complexity index is 1110. The predicted molar refractivity (Wildman–Crippen MR) is 107 cm³/mol. The van der Waals surface area contributed by atoms with E-state index in [1.807, 2.05) is 0 Å². The summed E-state index contributed by atoms with van der Waals surface area (Å²) in [5.41, 5.74) is 6.54. The number of alkyl halides is 2. The Morgan fingerprint density at radius 1 is 1.42 bits per heavy atom. The molecule has 2 aliphatic rings. The van der Waals surface area contributed by atoms with Gasteiger partial charge < -0.3 is 25.1 Å². The van der Waals surface area contributed by atoms with E-state index in [2.05, 4.69) is 10.3 Å². The summed E-state index contributed by atoms with van der Waals surface area (Å²) in [4.78, 5) is 28.0. The third-order valence-corrected chi connectivity index (χ3v) is 4.86. The number of fused-ring (bicyclic) bond motifs is 3. The second-order valence-corrected chi connectivity index (χ2v) is 7.12. The molecule has 0 radical (unpaired) electrons. The van der Waals surface area contributed by atoms with E-state index in [0.29, 0.717) is 42.1 Å². The molecule has 0 unspecified atom stereocenters. The smallest absolute Gasteiger partial charge is 0.288 e. The van der Waals surface area contributed by atoms with Crippen LogP contribution in [0.25, 0.3) is 11.4 Å². The Balaban J connectivity index is 1.70. The van der Waals surface area contributed by atoms with Crippen LogP contribution in [0.1, 0.15) is 6.92 Å². The lowest BCUT2D eigenvalue weighted by Crippen LogP contribution is -2.34. The number of halogens is 2. The lowest BCUT2D eigenvalue weighted by atomic mass is 10.1. The highest BCUT2D eigenvalue weighted by atomic mass is 19.3. The molecule has 2 aromatic rings. The molecule has 0 saturated carbocycles. The number of primary amides is 1. The molecule has 1 aromatic carbocycles. The zero-order chi connectivity index (χ0) is 22.2. The van der Waals surface area contributed by atoms with Crippen LogP contribution in [0.4, 0.5) is 20.3 Å². The van der Waals surface area contributed by atoms with Crippen molar-refractivity contribution >= 4 is 23.4 Å². The zero-order valence-electron chi connectivity index (χ0n) is 16.5. The summed E-state index contributed by atoms with van der Waals surface area (Å²) in [6.07, 6.45) is 2.90. The van der Waals surface area contributed by atoms with Gasteiger partial charge in [-0.05, 0) is 19.1 Å². The molecule has 31 heavy (non-hydrogen) atoms. The molecule has 3 heterocycles. The second kappa shape index (κ2) is 7.77. The first-order valence-corrected chi connectivity index (χ1v) is 9.42. The van der Waals surface area contributed by atoms with Crippen LogP contribution in [0, 0.1) is 0 Å².